The fourth-order valence-electron chi connectivity index (χ4n) is 1.50. The molecule has 0 amide bonds. The smallest absolute Gasteiger partial charge is 0.145 e. The molecule has 0 aliphatic heterocycles. The predicted molar refractivity (Wildman–Crippen MR) is 63.3 cm³/mol. The highest BCUT2D eigenvalue weighted by molar-refractivity contribution is 5.94. The molecule has 4 nitrogen and oxygen atoms in total. The summed E-state index contributed by atoms with van der Waals surface area (Å²) in [5, 5.41) is 10.0. The largest absolute Gasteiger partial charge is 0.489 e. The maximum atomic E-state index is 9.17. The summed E-state index contributed by atoms with van der Waals surface area (Å²) in [6.45, 7) is 1.92. The standard InChI is InChI=1S/C12H14N2O2/c1-8(15)7-16-11-5-4-10(13)9-3-2-6-14-12(9)11/h2-6,8,15H,7,13H2,1H3. The van der Waals surface area contributed by atoms with Crippen LogP contribution in [0.15, 0.2) is 30.5 Å². The van der Waals surface area contributed by atoms with Gasteiger partial charge in [0, 0.05) is 17.3 Å². The van der Waals surface area contributed by atoms with Gasteiger partial charge in [-0.3, -0.25) is 4.98 Å². The Morgan fingerprint density at radius 1 is 1.44 bits per heavy atom. The fourth-order valence-corrected chi connectivity index (χ4v) is 1.50. The third-order valence-electron chi connectivity index (χ3n) is 2.25. The topological polar surface area (TPSA) is 68.4 Å². The summed E-state index contributed by atoms with van der Waals surface area (Å²) in [7, 11) is 0. The van der Waals surface area contributed by atoms with Crippen molar-refractivity contribution in [3.05, 3.63) is 30.5 Å². The van der Waals surface area contributed by atoms with Crippen LogP contribution in [0.5, 0.6) is 5.75 Å². The Bertz CT molecular complexity index is 497. The third kappa shape index (κ3) is 2.06. The van der Waals surface area contributed by atoms with Gasteiger partial charge in [-0.1, -0.05) is 0 Å². The first-order chi connectivity index (χ1) is 7.68. The van der Waals surface area contributed by atoms with Crippen molar-refractivity contribution in [2.75, 3.05) is 12.3 Å². The first-order valence-electron chi connectivity index (χ1n) is 5.12. The summed E-state index contributed by atoms with van der Waals surface area (Å²) < 4.78 is 5.47. The molecule has 0 radical (unpaired) electrons. The minimum Gasteiger partial charge on any atom is -0.489 e. The van der Waals surface area contributed by atoms with E-state index in [2.05, 4.69) is 4.98 Å². The minimum absolute atomic E-state index is 0.246. The molecule has 1 aromatic carbocycles. The van der Waals surface area contributed by atoms with Gasteiger partial charge in [0.15, 0.2) is 0 Å². The monoisotopic (exact) mass is 218 g/mol. The highest BCUT2D eigenvalue weighted by Crippen LogP contribution is 2.27. The lowest BCUT2D eigenvalue weighted by Gasteiger charge is -2.11. The van der Waals surface area contributed by atoms with Crippen LogP contribution in [-0.2, 0) is 0 Å². The number of aromatic nitrogens is 1. The zero-order valence-corrected chi connectivity index (χ0v) is 9.05. The first kappa shape index (κ1) is 10.7. The molecule has 0 spiro atoms. The van der Waals surface area contributed by atoms with Crippen LogP contribution < -0.4 is 10.5 Å². The molecule has 16 heavy (non-hydrogen) atoms. The Balaban J connectivity index is 2.42. The third-order valence-corrected chi connectivity index (χ3v) is 2.25. The van der Waals surface area contributed by atoms with E-state index in [0.29, 0.717) is 11.4 Å². The van der Waals surface area contributed by atoms with Crippen LogP contribution in [0.2, 0.25) is 0 Å². The molecule has 0 bridgehead atoms. The van der Waals surface area contributed by atoms with E-state index in [9.17, 15) is 5.11 Å². The van der Waals surface area contributed by atoms with Crippen LogP contribution in [0.3, 0.4) is 0 Å². The molecule has 0 aliphatic carbocycles. The molecule has 84 valence electrons. The van der Waals surface area contributed by atoms with Crippen LogP contribution in [-0.4, -0.2) is 22.8 Å². The van der Waals surface area contributed by atoms with Crippen molar-refractivity contribution in [1.82, 2.24) is 4.98 Å². The van der Waals surface area contributed by atoms with Gasteiger partial charge < -0.3 is 15.6 Å². The van der Waals surface area contributed by atoms with Crippen LogP contribution in [0, 0.1) is 0 Å². The Labute approximate surface area is 93.7 Å². The van der Waals surface area contributed by atoms with E-state index in [1.165, 1.54) is 0 Å². The maximum Gasteiger partial charge on any atom is 0.145 e. The number of rotatable bonds is 3. The second-order valence-corrected chi connectivity index (χ2v) is 3.71. The molecule has 1 aromatic heterocycles. The van der Waals surface area contributed by atoms with Gasteiger partial charge >= 0.3 is 0 Å². The van der Waals surface area contributed by atoms with Gasteiger partial charge in [-0.15, -0.1) is 0 Å². The van der Waals surface area contributed by atoms with Crippen LogP contribution in [0.4, 0.5) is 5.69 Å². The van der Waals surface area contributed by atoms with Crippen molar-refractivity contribution in [1.29, 1.82) is 0 Å². The number of nitrogens with zero attached hydrogens (tertiary/aromatic N) is 1. The van der Waals surface area contributed by atoms with Crippen molar-refractivity contribution in [3.8, 4) is 5.75 Å². The zero-order valence-electron chi connectivity index (χ0n) is 9.05. The van der Waals surface area contributed by atoms with Gasteiger partial charge in [0.05, 0.1) is 6.10 Å². The van der Waals surface area contributed by atoms with E-state index in [1.54, 1.807) is 25.3 Å². The lowest BCUT2D eigenvalue weighted by atomic mass is 10.1. The molecule has 0 fully saturated rings. The van der Waals surface area contributed by atoms with Gasteiger partial charge in [0.2, 0.25) is 0 Å². The normalized spacial score (nSPS) is 12.6. The van der Waals surface area contributed by atoms with Gasteiger partial charge in [0.25, 0.3) is 0 Å². The van der Waals surface area contributed by atoms with E-state index in [-0.39, 0.29) is 6.61 Å². The minimum atomic E-state index is -0.503. The fraction of sp³-hybridized carbons (Fsp3) is 0.250. The van der Waals surface area contributed by atoms with Crippen LogP contribution >= 0.6 is 0 Å². The molecule has 1 unspecified atom stereocenters. The molecular weight excluding hydrogens is 204 g/mol. The number of nitrogens with two attached hydrogens (primary N) is 1. The molecule has 0 saturated heterocycles. The van der Waals surface area contributed by atoms with E-state index < -0.39 is 6.10 Å². The SMILES string of the molecule is CC(O)COc1ccc(N)c2cccnc12. The van der Waals surface area contributed by atoms with Crippen molar-refractivity contribution >= 4 is 16.6 Å². The van der Waals surface area contributed by atoms with Crippen LogP contribution in [0.1, 0.15) is 6.92 Å². The average molecular weight is 218 g/mol. The molecule has 1 atom stereocenters. The van der Waals surface area contributed by atoms with Gasteiger partial charge in [0.1, 0.15) is 17.9 Å². The number of benzene rings is 1. The van der Waals surface area contributed by atoms with Crippen molar-refractivity contribution in [2.45, 2.75) is 13.0 Å². The highest BCUT2D eigenvalue weighted by Gasteiger charge is 2.06. The van der Waals surface area contributed by atoms with E-state index in [4.69, 9.17) is 10.5 Å². The Hall–Kier alpha value is -1.81. The number of fused-ring (bicyclic) bond motifs is 1. The summed E-state index contributed by atoms with van der Waals surface area (Å²) in [5.74, 6) is 0.644. The molecular formula is C12H14N2O2. The van der Waals surface area contributed by atoms with Crippen molar-refractivity contribution < 1.29 is 9.84 Å². The Kier molecular flexibility index (Phi) is 2.92. The quantitative estimate of drug-likeness (QED) is 0.767. The first-order valence-corrected chi connectivity index (χ1v) is 5.12. The van der Waals surface area contributed by atoms with Crippen molar-refractivity contribution in [3.63, 3.8) is 0 Å². The van der Waals surface area contributed by atoms with E-state index in [0.717, 1.165) is 10.9 Å². The summed E-state index contributed by atoms with van der Waals surface area (Å²) in [6, 6.07) is 7.28. The number of ether oxygens (including phenoxy) is 1. The number of aliphatic hydroxyl groups is 1. The molecule has 1 heterocycles. The summed E-state index contributed by atoms with van der Waals surface area (Å²) in [6.07, 6.45) is 1.19. The summed E-state index contributed by atoms with van der Waals surface area (Å²) >= 11 is 0. The summed E-state index contributed by atoms with van der Waals surface area (Å²) in [5.41, 5.74) is 7.23. The number of pyridine rings is 1. The number of hydrogen-bond acceptors (Lipinski definition) is 4. The molecule has 2 rings (SSSR count). The van der Waals surface area contributed by atoms with Gasteiger partial charge in [-0.25, -0.2) is 0 Å². The Morgan fingerprint density at radius 2 is 2.25 bits per heavy atom. The number of aliphatic hydroxyl groups excluding tert-OH is 1. The van der Waals surface area contributed by atoms with E-state index in [1.807, 2.05) is 12.1 Å². The predicted octanol–water partition coefficient (Wildman–Crippen LogP) is 1.58. The second-order valence-electron chi connectivity index (χ2n) is 3.71. The molecule has 2 aromatic rings. The molecule has 0 saturated carbocycles. The molecule has 3 N–H and O–H groups in total. The average Bonchev–Trinajstić information content (AvgIpc) is 2.28. The second kappa shape index (κ2) is 4.37. The summed E-state index contributed by atoms with van der Waals surface area (Å²) in [4.78, 5) is 4.23. The Morgan fingerprint density at radius 3 is 3.00 bits per heavy atom. The molecule has 4 heteroatoms. The maximum absolute atomic E-state index is 9.17. The van der Waals surface area contributed by atoms with Crippen molar-refractivity contribution in [2.24, 2.45) is 0 Å². The number of anilines is 1. The molecule has 0 aliphatic rings. The lowest BCUT2D eigenvalue weighted by molar-refractivity contribution is 0.123. The highest BCUT2D eigenvalue weighted by atomic mass is 16.5. The van der Waals surface area contributed by atoms with E-state index >= 15 is 0 Å². The number of hydrogen-bond donors (Lipinski definition) is 2. The lowest BCUT2D eigenvalue weighted by Crippen LogP contribution is -2.13. The van der Waals surface area contributed by atoms with Gasteiger partial charge in [-0.2, -0.15) is 0 Å². The van der Waals surface area contributed by atoms with Crippen LogP contribution in [0.25, 0.3) is 10.9 Å². The zero-order chi connectivity index (χ0) is 11.5. The number of nitrogen functional groups attached to an aromatic ring is 1. The van der Waals surface area contributed by atoms with Gasteiger partial charge in [-0.05, 0) is 31.2 Å².